The molecule has 0 heterocycles. The molecule has 8 nitrogen and oxygen atoms in total. The van der Waals surface area contributed by atoms with Gasteiger partial charge in [-0.3, -0.25) is 14.9 Å². The van der Waals surface area contributed by atoms with Crippen LogP contribution in [0.2, 0.25) is 0 Å². The molecule has 0 saturated carbocycles. The molecule has 2 rings (SSSR count). The van der Waals surface area contributed by atoms with Crippen LogP contribution in [0.5, 0.6) is 5.75 Å². The number of benzene rings is 2. The fourth-order valence-corrected chi connectivity index (χ4v) is 1.87. The summed E-state index contributed by atoms with van der Waals surface area (Å²) < 4.78 is 5.27. The van der Waals surface area contributed by atoms with E-state index in [9.17, 15) is 14.9 Å². The van der Waals surface area contributed by atoms with Crippen molar-refractivity contribution in [2.24, 2.45) is 5.10 Å². The van der Waals surface area contributed by atoms with Crippen molar-refractivity contribution in [2.45, 2.75) is 0 Å². The van der Waals surface area contributed by atoms with Gasteiger partial charge in [0, 0.05) is 18.3 Å². The van der Waals surface area contributed by atoms with E-state index in [4.69, 9.17) is 10.00 Å². The topological polar surface area (TPSA) is 118 Å². The molecule has 0 radical (unpaired) electrons. The number of amides is 1. The predicted molar refractivity (Wildman–Crippen MR) is 95.4 cm³/mol. The molecule has 8 heteroatoms. The summed E-state index contributed by atoms with van der Waals surface area (Å²) in [6.45, 7) is -0.276. The first-order valence-electron chi connectivity index (χ1n) is 7.45. The zero-order chi connectivity index (χ0) is 18.8. The molecule has 0 aliphatic carbocycles. The van der Waals surface area contributed by atoms with Gasteiger partial charge in [-0.2, -0.15) is 10.4 Å². The maximum absolute atomic E-state index is 11.6. The van der Waals surface area contributed by atoms with E-state index in [1.807, 2.05) is 6.07 Å². The van der Waals surface area contributed by atoms with Crippen LogP contribution in [-0.4, -0.2) is 23.7 Å². The highest BCUT2D eigenvalue weighted by Gasteiger charge is 2.05. The van der Waals surface area contributed by atoms with E-state index in [1.165, 1.54) is 18.3 Å². The number of nitrogens with zero attached hydrogens (tertiary/aromatic N) is 3. The van der Waals surface area contributed by atoms with Gasteiger partial charge in [-0.05, 0) is 35.9 Å². The third-order valence-corrected chi connectivity index (χ3v) is 3.11. The van der Waals surface area contributed by atoms with Gasteiger partial charge in [0.05, 0.1) is 10.5 Å². The van der Waals surface area contributed by atoms with Gasteiger partial charge >= 0.3 is 0 Å². The van der Waals surface area contributed by atoms with Gasteiger partial charge in [0.25, 0.3) is 11.6 Å². The molecule has 2 aromatic carbocycles. The molecule has 0 aromatic heterocycles. The number of hydrogen-bond acceptors (Lipinski definition) is 6. The number of nitriles is 1. The number of ether oxygens (including phenoxy) is 1. The van der Waals surface area contributed by atoms with Crippen LogP contribution in [0.4, 0.5) is 5.69 Å². The zero-order valence-electron chi connectivity index (χ0n) is 13.5. The summed E-state index contributed by atoms with van der Waals surface area (Å²) in [7, 11) is 0. The molecule has 0 bridgehead atoms. The van der Waals surface area contributed by atoms with E-state index in [1.54, 1.807) is 48.6 Å². The highest BCUT2D eigenvalue weighted by molar-refractivity contribution is 5.82. The number of nitro benzene ring substituents is 1. The summed E-state index contributed by atoms with van der Waals surface area (Å²) in [6, 6.07) is 14.6. The molecule has 0 fully saturated rings. The van der Waals surface area contributed by atoms with Crippen molar-refractivity contribution in [3.8, 4) is 11.8 Å². The number of nitro groups is 1. The summed E-state index contributed by atoms with van der Waals surface area (Å²) in [5.74, 6) is -0.148. The van der Waals surface area contributed by atoms with Gasteiger partial charge in [0.15, 0.2) is 6.61 Å². The number of allylic oxidation sites excluding steroid dienone is 1. The van der Waals surface area contributed by atoms with Crippen LogP contribution in [0.3, 0.4) is 0 Å². The number of rotatable bonds is 7. The first-order valence-corrected chi connectivity index (χ1v) is 7.45. The predicted octanol–water partition coefficient (Wildman–Crippen LogP) is 2.66. The molecule has 2 aromatic rings. The average Bonchev–Trinajstić information content (AvgIpc) is 2.66. The molecular weight excluding hydrogens is 336 g/mol. The number of carbonyl (C=O) groups excluding carboxylic acids is 1. The molecule has 0 aliphatic rings. The second kappa shape index (κ2) is 9.34. The Labute approximate surface area is 149 Å². The summed E-state index contributed by atoms with van der Waals surface area (Å²) >= 11 is 0. The largest absolute Gasteiger partial charge is 0.482 e. The third kappa shape index (κ3) is 5.58. The Balaban J connectivity index is 1.78. The molecule has 26 heavy (non-hydrogen) atoms. The number of hydrogen-bond donors (Lipinski definition) is 1. The van der Waals surface area contributed by atoms with Gasteiger partial charge in [0.1, 0.15) is 11.8 Å². The third-order valence-electron chi connectivity index (χ3n) is 3.11. The minimum absolute atomic E-state index is 0.0149. The summed E-state index contributed by atoms with van der Waals surface area (Å²) in [4.78, 5) is 21.7. The average molecular weight is 350 g/mol. The molecule has 0 atom stereocenters. The minimum Gasteiger partial charge on any atom is -0.482 e. The fourth-order valence-electron chi connectivity index (χ4n) is 1.87. The Kier molecular flexibility index (Phi) is 6.59. The van der Waals surface area contributed by atoms with E-state index in [-0.39, 0.29) is 12.3 Å². The minimum atomic E-state index is -0.474. The smallest absolute Gasteiger partial charge is 0.277 e. The molecular formula is C18H14N4O4. The standard InChI is InChI=1S/C18H14N4O4/c19-12-15-5-1-2-6-17(15)26-13-18(23)21-20-11-3-4-14-7-9-16(10-8-14)22(24)25/h1-11H,13H2,(H,21,23). The van der Waals surface area contributed by atoms with Gasteiger partial charge < -0.3 is 4.74 Å². The Morgan fingerprint density at radius 2 is 2.00 bits per heavy atom. The van der Waals surface area contributed by atoms with Crippen LogP contribution < -0.4 is 10.2 Å². The van der Waals surface area contributed by atoms with Crippen LogP contribution in [0.1, 0.15) is 11.1 Å². The first kappa shape index (κ1) is 18.4. The number of hydrazone groups is 1. The molecule has 1 N–H and O–H groups in total. The van der Waals surface area contributed by atoms with Crippen molar-refractivity contribution >= 4 is 23.9 Å². The van der Waals surface area contributed by atoms with Gasteiger partial charge in [-0.25, -0.2) is 5.43 Å². The second-order valence-electron chi connectivity index (χ2n) is 4.92. The Morgan fingerprint density at radius 3 is 2.69 bits per heavy atom. The van der Waals surface area contributed by atoms with Gasteiger partial charge in [0.2, 0.25) is 0 Å². The second-order valence-corrected chi connectivity index (χ2v) is 4.92. The number of nitrogens with one attached hydrogen (secondary N) is 1. The lowest BCUT2D eigenvalue weighted by molar-refractivity contribution is -0.384. The van der Waals surface area contributed by atoms with Crippen molar-refractivity contribution in [1.29, 1.82) is 5.26 Å². The lowest BCUT2D eigenvalue weighted by Gasteiger charge is -2.05. The zero-order valence-corrected chi connectivity index (χ0v) is 13.5. The molecule has 0 unspecified atom stereocenters. The van der Waals surface area contributed by atoms with Crippen LogP contribution >= 0.6 is 0 Å². The van der Waals surface area contributed by atoms with E-state index < -0.39 is 10.8 Å². The van der Waals surface area contributed by atoms with E-state index in [0.29, 0.717) is 11.3 Å². The quantitative estimate of drug-likeness (QED) is 0.468. The highest BCUT2D eigenvalue weighted by Crippen LogP contribution is 2.16. The summed E-state index contributed by atoms with van der Waals surface area (Å²) in [5.41, 5.74) is 3.39. The SMILES string of the molecule is N#Cc1ccccc1OCC(=O)NN=CC=Cc1ccc([N+](=O)[O-])cc1. The van der Waals surface area contributed by atoms with Crippen LogP contribution in [-0.2, 0) is 4.79 Å². The van der Waals surface area contributed by atoms with Gasteiger partial charge in [-0.1, -0.05) is 18.2 Å². The van der Waals surface area contributed by atoms with E-state index >= 15 is 0 Å². The van der Waals surface area contributed by atoms with Crippen LogP contribution in [0.15, 0.2) is 59.7 Å². The Bertz CT molecular complexity index is 883. The first-order chi connectivity index (χ1) is 12.6. The fraction of sp³-hybridized carbons (Fsp3) is 0.0556. The number of non-ortho nitro benzene ring substituents is 1. The van der Waals surface area contributed by atoms with Crippen LogP contribution in [0, 0.1) is 21.4 Å². The lowest BCUT2D eigenvalue weighted by Crippen LogP contribution is -2.24. The number of carbonyl (C=O) groups is 1. The van der Waals surface area contributed by atoms with Gasteiger partial charge in [-0.15, -0.1) is 0 Å². The van der Waals surface area contributed by atoms with Crippen molar-refractivity contribution in [3.05, 3.63) is 75.8 Å². The van der Waals surface area contributed by atoms with Crippen LogP contribution in [0.25, 0.3) is 6.08 Å². The van der Waals surface area contributed by atoms with E-state index in [2.05, 4.69) is 10.5 Å². The molecule has 0 saturated heterocycles. The molecule has 1 amide bonds. The summed E-state index contributed by atoms with van der Waals surface area (Å²) in [6.07, 6.45) is 4.62. The molecule has 130 valence electrons. The molecule has 0 spiro atoms. The van der Waals surface area contributed by atoms with E-state index in [0.717, 1.165) is 5.56 Å². The van der Waals surface area contributed by atoms with Crippen molar-refractivity contribution in [1.82, 2.24) is 5.43 Å². The Morgan fingerprint density at radius 1 is 1.27 bits per heavy atom. The Hall–Kier alpha value is -3.99. The lowest BCUT2D eigenvalue weighted by atomic mass is 10.2. The normalized spacial score (nSPS) is 10.6. The monoisotopic (exact) mass is 350 g/mol. The number of para-hydroxylation sites is 1. The van der Waals surface area contributed by atoms with Crippen molar-refractivity contribution < 1.29 is 14.5 Å². The van der Waals surface area contributed by atoms with Crippen molar-refractivity contribution in [3.63, 3.8) is 0 Å². The summed E-state index contributed by atoms with van der Waals surface area (Å²) in [5, 5.41) is 23.2. The maximum atomic E-state index is 11.6. The highest BCUT2D eigenvalue weighted by atomic mass is 16.6. The molecule has 0 aliphatic heterocycles. The maximum Gasteiger partial charge on any atom is 0.277 e. The van der Waals surface area contributed by atoms with Crippen molar-refractivity contribution in [2.75, 3.05) is 6.61 Å².